The van der Waals surface area contributed by atoms with E-state index < -0.39 is 5.54 Å². The number of carbonyl (C=O) groups excluding carboxylic acids is 2. The second-order valence-corrected chi connectivity index (χ2v) is 8.88. The van der Waals surface area contributed by atoms with Crippen LogP contribution in [0.25, 0.3) is 11.1 Å². The molecule has 2 aromatic rings. The third-order valence-corrected chi connectivity index (χ3v) is 6.89. The van der Waals surface area contributed by atoms with Crippen LogP contribution < -0.4 is 10.6 Å². The van der Waals surface area contributed by atoms with Crippen molar-refractivity contribution in [2.24, 2.45) is 0 Å². The molecule has 1 spiro atoms. The van der Waals surface area contributed by atoms with Crippen LogP contribution in [0.2, 0.25) is 5.02 Å². The number of amides is 3. The quantitative estimate of drug-likeness (QED) is 0.776. The van der Waals surface area contributed by atoms with Gasteiger partial charge in [0.1, 0.15) is 5.52 Å². The number of rotatable bonds is 3. The summed E-state index contributed by atoms with van der Waals surface area (Å²) in [6, 6.07) is 1.53. The van der Waals surface area contributed by atoms with E-state index in [2.05, 4.69) is 20.5 Å². The zero-order chi connectivity index (χ0) is 20.9. The molecule has 5 rings (SSSR count). The number of nitrogens with zero attached hydrogens (tertiary/aromatic N) is 3. The van der Waals surface area contributed by atoms with Gasteiger partial charge in [-0.3, -0.25) is 9.69 Å². The molecular formula is C21H26ClN5O3. The Morgan fingerprint density at radius 3 is 2.77 bits per heavy atom. The number of likely N-dealkylation sites (N-methyl/N-ethyl adjacent to an activating group) is 1. The molecule has 0 radical (unpaired) electrons. The lowest BCUT2D eigenvalue weighted by molar-refractivity contribution is -0.136. The molecule has 0 bridgehead atoms. The van der Waals surface area contributed by atoms with Gasteiger partial charge < -0.3 is 20.0 Å². The predicted molar refractivity (Wildman–Crippen MR) is 113 cm³/mol. The first kappa shape index (κ1) is 19.6. The maximum Gasteiger partial charge on any atom is 0.319 e. The Kier molecular flexibility index (Phi) is 4.86. The van der Waals surface area contributed by atoms with E-state index in [4.69, 9.17) is 16.0 Å². The van der Waals surface area contributed by atoms with Crippen molar-refractivity contribution in [3.8, 4) is 0 Å². The number of halogens is 1. The molecule has 1 aliphatic carbocycles. The second-order valence-electron chi connectivity index (χ2n) is 8.47. The van der Waals surface area contributed by atoms with Crippen molar-refractivity contribution >= 4 is 40.3 Å². The maximum absolute atomic E-state index is 12.4. The highest BCUT2D eigenvalue weighted by Crippen LogP contribution is 2.48. The van der Waals surface area contributed by atoms with Crippen molar-refractivity contribution in [2.45, 2.75) is 51.1 Å². The van der Waals surface area contributed by atoms with Crippen molar-refractivity contribution in [3.05, 3.63) is 22.5 Å². The van der Waals surface area contributed by atoms with E-state index >= 15 is 0 Å². The van der Waals surface area contributed by atoms with E-state index in [9.17, 15) is 9.59 Å². The van der Waals surface area contributed by atoms with Crippen LogP contribution in [0.5, 0.6) is 0 Å². The van der Waals surface area contributed by atoms with Crippen molar-refractivity contribution < 1.29 is 14.0 Å². The average Bonchev–Trinajstić information content (AvgIpc) is 3.10. The molecule has 8 nitrogen and oxygen atoms in total. The number of oxazole rings is 1. The first-order valence-electron chi connectivity index (χ1n) is 10.7. The number of hydrogen-bond donors (Lipinski definition) is 2. The molecule has 3 amide bonds. The van der Waals surface area contributed by atoms with E-state index in [1.165, 1.54) is 0 Å². The van der Waals surface area contributed by atoms with Gasteiger partial charge in [-0.15, -0.1) is 0 Å². The molecule has 160 valence electrons. The van der Waals surface area contributed by atoms with Crippen molar-refractivity contribution in [1.82, 2.24) is 20.1 Å². The third kappa shape index (κ3) is 3.22. The molecule has 30 heavy (non-hydrogen) atoms. The monoisotopic (exact) mass is 431 g/mol. The maximum atomic E-state index is 12.4. The number of piperazine rings is 1. The van der Waals surface area contributed by atoms with Gasteiger partial charge in [0.25, 0.3) is 0 Å². The third-order valence-electron chi connectivity index (χ3n) is 6.59. The fourth-order valence-corrected chi connectivity index (χ4v) is 5.34. The molecule has 3 aliphatic rings. The Balaban J connectivity index is 1.52. The Bertz CT molecular complexity index is 1010. The molecule has 1 aromatic heterocycles. The normalized spacial score (nSPS) is 21.6. The zero-order valence-corrected chi connectivity index (χ0v) is 17.8. The SMILES string of the molecule is CCN1CCN(Cc2nc3cc(Cl)c4c(c3o2)C2(CCCCC2)NC(=O)N4)CC1=O. The van der Waals surface area contributed by atoms with Crippen LogP contribution in [0, 0.1) is 0 Å². The minimum Gasteiger partial charge on any atom is -0.439 e. The van der Waals surface area contributed by atoms with Crippen LogP contribution in [0.3, 0.4) is 0 Å². The highest BCUT2D eigenvalue weighted by atomic mass is 35.5. The average molecular weight is 432 g/mol. The summed E-state index contributed by atoms with van der Waals surface area (Å²) in [4.78, 5) is 33.2. The van der Waals surface area contributed by atoms with E-state index in [1.807, 2.05) is 11.8 Å². The highest BCUT2D eigenvalue weighted by Gasteiger charge is 2.44. The molecule has 1 saturated carbocycles. The smallest absolute Gasteiger partial charge is 0.319 e. The van der Waals surface area contributed by atoms with Crippen LogP contribution in [0.15, 0.2) is 10.5 Å². The molecule has 2 fully saturated rings. The Labute approximate surface area is 179 Å². The molecule has 0 unspecified atom stereocenters. The summed E-state index contributed by atoms with van der Waals surface area (Å²) < 4.78 is 6.25. The van der Waals surface area contributed by atoms with Gasteiger partial charge in [-0.05, 0) is 25.8 Å². The summed E-state index contributed by atoms with van der Waals surface area (Å²) in [6.45, 7) is 5.08. The summed E-state index contributed by atoms with van der Waals surface area (Å²) in [5, 5.41) is 6.50. The lowest BCUT2D eigenvalue weighted by Crippen LogP contribution is -2.52. The number of anilines is 1. The van der Waals surface area contributed by atoms with E-state index in [1.54, 1.807) is 6.07 Å². The fraction of sp³-hybridized carbons (Fsp3) is 0.571. The van der Waals surface area contributed by atoms with E-state index in [0.717, 1.165) is 57.3 Å². The number of hydrogen-bond acceptors (Lipinski definition) is 5. The molecule has 2 aliphatic heterocycles. The van der Waals surface area contributed by atoms with Gasteiger partial charge in [0.2, 0.25) is 11.8 Å². The van der Waals surface area contributed by atoms with Crippen LogP contribution >= 0.6 is 11.6 Å². The van der Waals surface area contributed by atoms with E-state index in [-0.39, 0.29) is 11.9 Å². The number of nitrogens with one attached hydrogen (secondary N) is 2. The lowest BCUT2D eigenvalue weighted by Gasteiger charge is -2.42. The van der Waals surface area contributed by atoms with Crippen molar-refractivity contribution in [2.75, 3.05) is 31.5 Å². The van der Waals surface area contributed by atoms with Gasteiger partial charge in [0.05, 0.1) is 29.3 Å². The number of fused-ring (bicyclic) bond motifs is 4. The molecule has 2 N–H and O–H groups in total. The summed E-state index contributed by atoms with van der Waals surface area (Å²) >= 11 is 6.56. The summed E-state index contributed by atoms with van der Waals surface area (Å²) in [5.41, 5.74) is 2.44. The van der Waals surface area contributed by atoms with Crippen LogP contribution in [0.4, 0.5) is 10.5 Å². The van der Waals surface area contributed by atoms with Crippen molar-refractivity contribution in [3.63, 3.8) is 0 Å². The molecule has 9 heteroatoms. The number of carbonyl (C=O) groups is 2. The van der Waals surface area contributed by atoms with Crippen LogP contribution in [-0.2, 0) is 16.9 Å². The first-order valence-corrected chi connectivity index (χ1v) is 11.1. The second kappa shape index (κ2) is 7.42. The van der Waals surface area contributed by atoms with Gasteiger partial charge in [0, 0.05) is 25.2 Å². The van der Waals surface area contributed by atoms with Crippen LogP contribution in [-0.4, -0.2) is 52.9 Å². The van der Waals surface area contributed by atoms with Gasteiger partial charge >= 0.3 is 6.03 Å². The lowest BCUT2D eigenvalue weighted by atomic mass is 9.74. The largest absolute Gasteiger partial charge is 0.439 e. The summed E-state index contributed by atoms with van der Waals surface area (Å²) in [5.74, 6) is 0.698. The Hall–Kier alpha value is -2.32. The molecule has 1 aromatic carbocycles. The van der Waals surface area contributed by atoms with Gasteiger partial charge in [-0.25, -0.2) is 9.78 Å². The fourth-order valence-electron chi connectivity index (χ4n) is 5.10. The predicted octanol–water partition coefficient (Wildman–Crippen LogP) is 3.44. The standard InChI is InChI=1S/C21H26ClN5O3/c1-2-27-9-8-26(12-16(27)28)11-15-23-14-10-13(22)18-17(19(14)30-15)21(25-20(29)24-18)6-4-3-5-7-21/h10H,2-9,11-12H2,1H3,(H2,24,25,29). The van der Waals surface area contributed by atoms with Crippen molar-refractivity contribution in [1.29, 1.82) is 0 Å². The van der Waals surface area contributed by atoms with Gasteiger partial charge in [-0.2, -0.15) is 0 Å². The molecule has 1 saturated heterocycles. The highest BCUT2D eigenvalue weighted by molar-refractivity contribution is 6.35. The minimum atomic E-state index is -0.474. The molecular weight excluding hydrogens is 406 g/mol. The molecule has 3 heterocycles. The number of benzene rings is 1. The zero-order valence-electron chi connectivity index (χ0n) is 17.1. The summed E-state index contributed by atoms with van der Waals surface area (Å²) in [6.07, 6.45) is 4.94. The number of aromatic nitrogens is 1. The van der Waals surface area contributed by atoms with Crippen LogP contribution in [0.1, 0.15) is 50.5 Å². The minimum absolute atomic E-state index is 0.133. The topological polar surface area (TPSA) is 90.7 Å². The molecule has 0 atom stereocenters. The van der Waals surface area contributed by atoms with Gasteiger partial charge in [-0.1, -0.05) is 30.9 Å². The summed E-state index contributed by atoms with van der Waals surface area (Å²) in [7, 11) is 0. The first-order chi connectivity index (χ1) is 14.5. The number of urea groups is 1. The van der Waals surface area contributed by atoms with E-state index in [0.29, 0.717) is 40.8 Å². The Morgan fingerprint density at radius 2 is 2.03 bits per heavy atom. The Morgan fingerprint density at radius 1 is 1.23 bits per heavy atom. The van der Waals surface area contributed by atoms with Gasteiger partial charge in [0.15, 0.2) is 5.58 Å².